The average Bonchev–Trinajstić information content (AvgIpc) is 3.33. The van der Waals surface area contributed by atoms with Crippen LogP contribution in [0.15, 0.2) is 53.3 Å². The fourth-order valence-electron chi connectivity index (χ4n) is 6.50. The van der Waals surface area contributed by atoms with Crippen molar-refractivity contribution in [1.29, 1.82) is 0 Å². The van der Waals surface area contributed by atoms with Gasteiger partial charge in [-0.05, 0) is 81.0 Å². The number of ether oxygens (including phenoxy) is 2. The van der Waals surface area contributed by atoms with Gasteiger partial charge in [-0.15, -0.1) is 0 Å². The Morgan fingerprint density at radius 1 is 1.04 bits per heavy atom. The molecule has 0 bridgehead atoms. The van der Waals surface area contributed by atoms with Gasteiger partial charge in [0.1, 0.15) is 17.2 Å². The van der Waals surface area contributed by atoms with Crippen LogP contribution in [0.3, 0.4) is 0 Å². The standard InChI is InChI=1S/C35H44BrN8O3PS/c1-35(2,3)47-34(45)43-15-12-22(13-16-43)44-17-14-28-24(20-38-42(28)4)23-18-27(30(46-5)19-29(23)44)40-33-37-21-25(36)32(41-33)39-26-10-8-9-11-31(26)48(6,7)49/h8-11,18-22H,12-17H2,1-7H3,(H2,37,39,40,41). The third kappa shape index (κ3) is 7.74. The minimum absolute atomic E-state index is 0.247. The first-order valence-electron chi connectivity index (χ1n) is 16.4. The second-order valence-electron chi connectivity index (χ2n) is 13.8. The van der Waals surface area contributed by atoms with E-state index in [1.165, 1.54) is 5.69 Å². The molecule has 0 aliphatic carbocycles. The summed E-state index contributed by atoms with van der Waals surface area (Å²) in [5, 5.41) is 12.7. The lowest BCUT2D eigenvalue weighted by atomic mass is 9.99. The monoisotopic (exact) mass is 766 g/mol. The second kappa shape index (κ2) is 13.9. The van der Waals surface area contributed by atoms with Crippen LogP contribution in [0.5, 0.6) is 5.75 Å². The lowest BCUT2D eigenvalue weighted by molar-refractivity contribution is 0.0204. The number of benzene rings is 2. The second-order valence-corrected chi connectivity index (χ2v) is 20.6. The number of carbonyl (C=O) groups excluding carboxylic acids is 1. The minimum Gasteiger partial charge on any atom is -0.494 e. The van der Waals surface area contributed by atoms with E-state index in [9.17, 15) is 4.79 Å². The molecule has 6 rings (SSSR count). The number of hydrogen-bond donors (Lipinski definition) is 2. The van der Waals surface area contributed by atoms with Crippen LogP contribution in [0.25, 0.3) is 11.1 Å². The molecule has 1 amide bonds. The van der Waals surface area contributed by atoms with Gasteiger partial charge in [-0.2, -0.15) is 10.1 Å². The summed E-state index contributed by atoms with van der Waals surface area (Å²) in [7, 11) is 3.67. The van der Waals surface area contributed by atoms with Crippen LogP contribution in [0.1, 0.15) is 39.3 Å². The van der Waals surface area contributed by atoms with Crippen LogP contribution in [0.2, 0.25) is 0 Å². The quantitative estimate of drug-likeness (QED) is 0.187. The van der Waals surface area contributed by atoms with Crippen LogP contribution in [-0.4, -0.2) is 82.5 Å². The molecule has 2 aromatic carbocycles. The number of nitrogens with zero attached hydrogens (tertiary/aromatic N) is 6. The number of rotatable bonds is 7. The number of carbonyl (C=O) groups is 1. The molecular formula is C35H44BrN8O3PS. The summed E-state index contributed by atoms with van der Waals surface area (Å²) in [5.74, 6) is 1.71. The van der Waals surface area contributed by atoms with Gasteiger partial charge in [-0.3, -0.25) is 4.68 Å². The molecule has 4 heterocycles. The SMILES string of the molecule is COc1cc2c(cc1Nc1ncc(Br)c(Nc3ccccc3P(C)(C)=S)n1)-c1cnn(C)c1CCN2C1CCN(C(=O)OC(C)(C)C)CC1. The van der Waals surface area contributed by atoms with Gasteiger partial charge in [-0.1, -0.05) is 30.0 Å². The van der Waals surface area contributed by atoms with E-state index in [0.29, 0.717) is 30.6 Å². The number of aryl methyl sites for hydroxylation is 1. The molecule has 2 aliphatic heterocycles. The van der Waals surface area contributed by atoms with E-state index in [-0.39, 0.29) is 12.1 Å². The number of aromatic nitrogens is 4. The Morgan fingerprint density at radius 2 is 1.78 bits per heavy atom. The summed E-state index contributed by atoms with van der Waals surface area (Å²) in [5.41, 5.74) is 5.54. The highest BCUT2D eigenvalue weighted by Crippen LogP contribution is 2.45. The number of nitrogens with one attached hydrogen (secondary N) is 2. The highest BCUT2D eigenvalue weighted by Gasteiger charge is 2.33. The fraction of sp³-hybridized carbons (Fsp3) is 0.429. The van der Waals surface area contributed by atoms with Gasteiger partial charge in [0.15, 0.2) is 0 Å². The van der Waals surface area contributed by atoms with Gasteiger partial charge < -0.3 is 29.9 Å². The van der Waals surface area contributed by atoms with Crippen molar-refractivity contribution in [1.82, 2.24) is 24.6 Å². The van der Waals surface area contributed by atoms with Crippen LogP contribution >= 0.6 is 22.0 Å². The molecule has 2 aromatic heterocycles. The molecule has 0 saturated carbocycles. The van der Waals surface area contributed by atoms with E-state index >= 15 is 0 Å². The third-order valence-electron chi connectivity index (χ3n) is 8.85. The molecular weight excluding hydrogens is 723 g/mol. The van der Waals surface area contributed by atoms with Crippen molar-refractivity contribution in [3.05, 3.63) is 59.0 Å². The first-order chi connectivity index (χ1) is 23.2. The Hall–Kier alpha value is -3.67. The summed E-state index contributed by atoms with van der Waals surface area (Å²) in [6.07, 6.45) is 5.94. The molecule has 4 aromatic rings. The van der Waals surface area contributed by atoms with Crippen molar-refractivity contribution in [2.24, 2.45) is 7.05 Å². The number of para-hydroxylation sites is 1. The molecule has 0 radical (unpaired) electrons. The van der Waals surface area contributed by atoms with Gasteiger partial charge >= 0.3 is 6.09 Å². The number of fused-ring (bicyclic) bond motifs is 3. The zero-order chi connectivity index (χ0) is 35.1. The van der Waals surface area contributed by atoms with Gasteiger partial charge in [0.2, 0.25) is 5.95 Å². The maximum atomic E-state index is 12.8. The van der Waals surface area contributed by atoms with Crippen molar-refractivity contribution in [2.75, 3.05) is 55.6 Å². The number of halogens is 1. The Morgan fingerprint density at radius 3 is 2.47 bits per heavy atom. The summed E-state index contributed by atoms with van der Waals surface area (Å²) in [6, 6.07) is 10.9. The Labute approximate surface area is 301 Å². The van der Waals surface area contributed by atoms with Crippen molar-refractivity contribution >= 4 is 74.0 Å². The van der Waals surface area contributed by atoms with Crippen molar-refractivity contribution in [2.45, 2.75) is 51.7 Å². The van der Waals surface area contributed by atoms with Crippen molar-refractivity contribution in [3.63, 3.8) is 0 Å². The number of anilines is 5. The Kier molecular flexibility index (Phi) is 9.99. The first kappa shape index (κ1) is 35.2. The molecule has 260 valence electrons. The van der Waals surface area contributed by atoms with Crippen molar-refractivity contribution < 1.29 is 14.3 Å². The minimum atomic E-state index is -1.71. The van der Waals surface area contributed by atoms with Gasteiger partial charge in [-0.25, -0.2) is 9.78 Å². The molecule has 0 unspecified atom stereocenters. The average molecular weight is 768 g/mol. The maximum absolute atomic E-state index is 12.8. The topological polar surface area (TPSA) is 110 Å². The highest BCUT2D eigenvalue weighted by atomic mass is 79.9. The number of amides is 1. The van der Waals surface area contributed by atoms with Crippen molar-refractivity contribution in [3.8, 4) is 16.9 Å². The van der Waals surface area contributed by atoms with E-state index in [0.717, 1.165) is 63.8 Å². The lowest BCUT2D eigenvalue weighted by Gasteiger charge is -2.40. The molecule has 0 atom stereocenters. The zero-order valence-corrected chi connectivity index (χ0v) is 32.4. The van der Waals surface area contributed by atoms with Crippen LogP contribution in [-0.2, 0) is 30.0 Å². The predicted octanol–water partition coefficient (Wildman–Crippen LogP) is 7.26. The molecule has 14 heteroatoms. The molecule has 0 spiro atoms. The molecule has 1 saturated heterocycles. The molecule has 1 fully saturated rings. The van der Waals surface area contributed by atoms with E-state index in [1.54, 1.807) is 13.3 Å². The smallest absolute Gasteiger partial charge is 0.410 e. The van der Waals surface area contributed by atoms with Gasteiger partial charge in [0.25, 0.3) is 0 Å². The fourth-order valence-corrected chi connectivity index (χ4v) is 8.42. The van der Waals surface area contributed by atoms with Crippen LogP contribution < -0.4 is 25.6 Å². The first-order valence-corrected chi connectivity index (χ1v) is 20.9. The summed E-state index contributed by atoms with van der Waals surface area (Å²) in [6.45, 7) is 12.1. The van der Waals surface area contributed by atoms with E-state index < -0.39 is 11.6 Å². The van der Waals surface area contributed by atoms with Crippen LogP contribution in [0.4, 0.5) is 33.6 Å². The predicted molar refractivity (Wildman–Crippen MR) is 206 cm³/mol. The van der Waals surface area contributed by atoms with Gasteiger partial charge in [0.05, 0.1) is 23.5 Å². The van der Waals surface area contributed by atoms with E-state index in [2.05, 4.69) is 73.1 Å². The van der Waals surface area contributed by atoms with E-state index in [1.807, 2.05) is 61.8 Å². The lowest BCUT2D eigenvalue weighted by Crippen LogP contribution is -2.48. The molecule has 2 aliphatic rings. The molecule has 49 heavy (non-hydrogen) atoms. The third-order valence-corrected chi connectivity index (χ3v) is 11.6. The van der Waals surface area contributed by atoms with Crippen LogP contribution in [0, 0.1) is 0 Å². The summed E-state index contributed by atoms with van der Waals surface area (Å²) >= 11 is 9.49. The summed E-state index contributed by atoms with van der Waals surface area (Å²) < 4.78 is 14.3. The number of methoxy groups -OCH3 is 1. The Bertz CT molecular complexity index is 1920. The highest BCUT2D eigenvalue weighted by molar-refractivity contribution is 9.10. The zero-order valence-electron chi connectivity index (χ0n) is 29.1. The number of likely N-dealkylation sites (tertiary alicyclic amines) is 1. The largest absolute Gasteiger partial charge is 0.494 e. The Balaban J connectivity index is 1.31. The number of piperidine rings is 1. The maximum Gasteiger partial charge on any atom is 0.410 e. The molecule has 11 nitrogen and oxygen atoms in total. The normalized spacial score (nSPS) is 15.3. The number of hydrogen-bond acceptors (Lipinski definition) is 10. The summed E-state index contributed by atoms with van der Waals surface area (Å²) in [4.78, 5) is 26.5. The van der Waals surface area contributed by atoms with E-state index in [4.69, 9.17) is 26.3 Å². The molecule has 2 N–H and O–H groups in total. The van der Waals surface area contributed by atoms with Gasteiger partial charge in [0, 0.05) is 84.9 Å².